The van der Waals surface area contributed by atoms with E-state index in [1.807, 2.05) is 31.3 Å². The van der Waals surface area contributed by atoms with E-state index in [-0.39, 0.29) is 5.91 Å². The number of aryl methyl sites for hydroxylation is 2. The third-order valence-corrected chi connectivity index (χ3v) is 4.20. The molecule has 5 heteroatoms. The minimum Gasteiger partial charge on any atom is -0.479 e. The fourth-order valence-electron chi connectivity index (χ4n) is 2.90. The monoisotopic (exact) mass is 307 g/mol. The fourth-order valence-corrected chi connectivity index (χ4v) is 2.90. The van der Waals surface area contributed by atoms with Crippen LogP contribution in [0.4, 0.5) is 5.69 Å². The topological polar surface area (TPSA) is 55.6 Å². The third-order valence-electron chi connectivity index (χ3n) is 4.20. The molecule has 4 rings (SSSR count). The van der Waals surface area contributed by atoms with E-state index in [0.717, 1.165) is 22.6 Å². The quantitative estimate of drug-likeness (QED) is 0.750. The second kappa shape index (κ2) is 4.84. The van der Waals surface area contributed by atoms with Crippen molar-refractivity contribution >= 4 is 17.2 Å². The van der Waals surface area contributed by atoms with Crippen LogP contribution in [0, 0.1) is 13.8 Å². The zero-order chi connectivity index (χ0) is 16.1. The van der Waals surface area contributed by atoms with Gasteiger partial charge in [-0.1, -0.05) is 0 Å². The number of nitrogens with zero attached hydrogens (tertiary/aromatic N) is 2. The van der Waals surface area contributed by atoms with Gasteiger partial charge in [0.25, 0.3) is 5.91 Å². The van der Waals surface area contributed by atoms with Crippen molar-refractivity contribution < 1.29 is 9.53 Å². The molecule has 23 heavy (non-hydrogen) atoms. The number of aromatic nitrogens is 2. The normalized spacial score (nSPS) is 16.8. The lowest BCUT2D eigenvalue weighted by molar-refractivity contribution is -0.122. The summed E-state index contributed by atoms with van der Waals surface area (Å²) >= 11 is 0. The molecule has 1 amide bonds. The van der Waals surface area contributed by atoms with Gasteiger partial charge in [0.2, 0.25) is 0 Å². The van der Waals surface area contributed by atoms with Crippen molar-refractivity contribution in [2.45, 2.75) is 26.9 Å². The molecule has 1 atom stereocenters. The Morgan fingerprint density at radius 2 is 2.04 bits per heavy atom. The van der Waals surface area contributed by atoms with Gasteiger partial charge in [-0.2, -0.15) is 0 Å². The highest BCUT2D eigenvalue weighted by atomic mass is 16.5. The number of nitrogens with one attached hydrogen (secondary N) is 1. The van der Waals surface area contributed by atoms with E-state index >= 15 is 0 Å². The van der Waals surface area contributed by atoms with Crippen LogP contribution in [0.15, 0.2) is 36.5 Å². The van der Waals surface area contributed by atoms with Crippen LogP contribution in [0.25, 0.3) is 16.9 Å². The lowest BCUT2D eigenvalue weighted by Crippen LogP contribution is -2.34. The molecule has 1 aliphatic rings. The van der Waals surface area contributed by atoms with Crippen LogP contribution in [0.2, 0.25) is 0 Å². The Bertz CT molecular complexity index is 943. The molecule has 5 nitrogen and oxygen atoms in total. The molecular weight excluding hydrogens is 290 g/mol. The predicted molar refractivity (Wildman–Crippen MR) is 88.8 cm³/mol. The summed E-state index contributed by atoms with van der Waals surface area (Å²) in [6, 6.07) is 9.90. The summed E-state index contributed by atoms with van der Waals surface area (Å²) in [5.74, 6) is 0.565. The lowest BCUT2D eigenvalue weighted by Gasteiger charge is -2.23. The number of hydrogen-bond donors (Lipinski definition) is 1. The number of anilines is 1. The standard InChI is InChI=1S/C18H17N3O2/c1-10-6-7-21-11(2)17(20-16(21)8-10)13-4-5-15-14(9-13)19-18(22)12(3)23-15/h4-9,12H,1-3H3,(H,19,22). The van der Waals surface area contributed by atoms with E-state index in [2.05, 4.69) is 28.8 Å². The van der Waals surface area contributed by atoms with Crippen LogP contribution in [0.5, 0.6) is 5.75 Å². The van der Waals surface area contributed by atoms with Gasteiger partial charge in [-0.05, 0) is 56.7 Å². The van der Waals surface area contributed by atoms with Crippen molar-refractivity contribution in [3.8, 4) is 17.0 Å². The van der Waals surface area contributed by atoms with E-state index in [0.29, 0.717) is 11.4 Å². The molecule has 1 unspecified atom stereocenters. The van der Waals surface area contributed by atoms with Crippen molar-refractivity contribution in [3.05, 3.63) is 47.8 Å². The van der Waals surface area contributed by atoms with Crippen molar-refractivity contribution in [2.75, 3.05) is 5.32 Å². The molecule has 2 aromatic heterocycles. The van der Waals surface area contributed by atoms with E-state index in [1.165, 1.54) is 5.56 Å². The first-order chi connectivity index (χ1) is 11.0. The second-order valence-corrected chi connectivity index (χ2v) is 5.94. The number of hydrogen-bond acceptors (Lipinski definition) is 3. The Morgan fingerprint density at radius 1 is 1.22 bits per heavy atom. The summed E-state index contributed by atoms with van der Waals surface area (Å²) in [6.45, 7) is 5.83. The number of carbonyl (C=O) groups excluding carboxylic acids is 1. The van der Waals surface area contributed by atoms with E-state index in [9.17, 15) is 4.79 Å². The number of rotatable bonds is 1. The first-order valence-corrected chi connectivity index (χ1v) is 7.60. The van der Waals surface area contributed by atoms with E-state index in [1.54, 1.807) is 6.92 Å². The lowest BCUT2D eigenvalue weighted by atomic mass is 10.1. The molecule has 0 saturated carbocycles. The number of benzene rings is 1. The molecule has 0 aliphatic carbocycles. The van der Waals surface area contributed by atoms with E-state index < -0.39 is 6.10 Å². The summed E-state index contributed by atoms with van der Waals surface area (Å²) < 4.78 is 7.67. The maximum absolute atomic E-state index is 11.8. The van der Waals surface area contributed by atoms with Gasteiger partial charge >= 0.3 is 0 Å². The molecule has 1 aliphatic heterocycles. The molecule has 1 N–H and O–H groups in total. The fraction of sp³-hybridized carbons (Fsp3) is 0.222. The molecule has 0 bridgehead atoms. The number of pyridine rings is 1. The molecule has 0 spiro atoms. The summed E-state index contributed by atoms with van der Waals surface area (Å²) in [4.78, 5) is 16.5. The van der Waals surface area contributed by atoms with Crippen LogP contribution in [0.3, 0.4) is 0 Å². The SMILES string of the molecule is Cc1ccn2c(C)c(-c3ccc4c(c3)NC(=O)C(C)O4)nc2c1. The Labute approximate surface area is 133 Å². The van der Waals surface area contributed by atoms with Gasteiger partial charge in [-0.3, -0.25) is 4.79 Å². The molecule has 0 radical (unpaired) electrons. The number of imidazole rings is 1. The zero-order valence-electron chi connectivity index (χ0n) is 13.3. The average Bonchev–Trinajstić information content (AvgIpc) is 2.84. The van der Waals surface area contributed by atoms with Crippen LogP contribution in [0.1, 0.15) is 18.2 Å². The highest BCUT2D eigenvalue weighted by molar-refractivity contribution is 5.98. The number of ether oxygens (including phenoxy) is 1. The molecule has 1 aromatic carbocycles. The van der Waals surface area contributed by atoms with Crippen molar-refractivity contribution in [1.82, 2.24) is 9.38 Å². The first kappa shape index (κ1) is 13.8. The minimum atomic E-state index is -0.465. The van der Waals surface area contributed by atoms with Gasteiger partial charge in [-0.15, -0.1) is 0 Å². The smallest absolute Gasteiger partial charge is 0.265 e. The third kappa shape index (κ3) is 2.16. The van der Waals surface area contributed by atoms with Crippen molar-refractivity contribution in [2.24, 2.45) is 0 Å². The number of carbonyl (C=O) groups is 1. The minimum absolute atomic E-state index is 0.128. The van der Waals surface area contributed by atoms with Crippen molar-refractivity contribution in [1.29, 1.82) is 0 Å². The van der Waals surface area contributed by atoms with Gasteiger partial charge in [0, 0.05) is 17.5 Å². The Kier molecular flexibility index (Phi) is 2.91. The summed E-state index contributed by atoms with van der Waals surface area (Å²) in [5, 5.41) is 2.88. The molecule has 3 heterocycles. The van der Waals surface area contributed by atoms with Gasteiger partial charge in [0.15, 0.2) is 6.10 Å². The van der Waals surface area contributed by atoms with Crippen LogP contribution < -0.4 is 10.1 Å². The van der Waals surface area contributed by atoms with Gasteiger partial charge in [-0.25, -0.2) is 4.98 Å². The molecule has 116 valence electrons. The van der Waals surface area contributed by atoms with Crippen LogP contribution in [-0.4, -0.2) is 21.4 Å². The molecule has 0 fully saturated rings. The Balaban J connectivity index is 1.84. The maximum atomic E-state index is 11.8. The van der Waals surface area contributed by atoms with Crippen molar-refractivity contribution in [3.63, 3.8) is 0 Å². The molecule has 3 aromatic rings. The number of fused-ring (bicyclic) bond motifs is 2. The zero-order valence-corrected chi connectivity index (χ0v) is 13.3. The van der Waals surface area contributed by atoms with Crippen LogP contribution in [-0.2, 0) is 4.79 Å². The highest BCUT2D eigenvalue weighted by Crippen LogP contribution is 2.34. The highest BCUT2D eigenvalue weighted by Gasteiger charge is 2.24. The van der Waals surface area contributed by atoms with Gasteiger partial charge in [0.1, 0.15) is 11.4 Å². The van der Waals surface area contributed by atoms with E-state index in [4.69, 9.17) is 9.72 Å². The molecule has 0 saturated heterocycles. The Hall–Kier alpha value is -2.82. The maximum Gasteiger partial charge on any atom is 0.265 e. The van der Waals surface area contributed by atoms with Gasteiger partial charge < -0.3 is 14.5 Å². The Morgan fingerprint density at radius 3 is 2.87 bits per heavy atom. The predicted octanol–water partition coefficient (Wildman–Crippen LogP) is 3.34. The van der Waals surface area contributed by atoms with Gasteiger partial charge in [0.05, 0.1) is 11.4 Å². The summed E-state index contributed by atoms with van der Waals surface area (Å²) in [5.41, 5.74) is 5.72. The summed E-state index contributed by atoms with van der Waals surface area (Å²) in [7, 11) is 0. The number of amides is 1. The second-order valence-electron chi connectivity index (χ2n) is 5.94. The summed E-state index contributed by atoms with van der Waals surface area (Å²) in [6.07, 6.45) is 1.56. The molecular formula is C18H17N3O2. The average molecular weight is 307 g/mol. The first-order valence-electron chi connectivity index (χ1n) is 7.60. The largest absolute Gasteiger partial charge is 0.479 e. The van der Waals surface area contributed by atoms with Crippen LogP contribution >= 0.6 is 0 Å².